The zero-order valence-electron chi connectivity index (χ0n) is 11.2. The van der Waals surface area contributed by atoms with Crippen molar-refractivity contribution in [1.82, 2.24) is 0 Å². The fourth-order valence-electron chi connectivity index (χ4n) is 1.79. The summed E-state index contributed by atoms with van der Waals surface area (Å²) in [5.41, 5.74) is 6.39. The molecule has 2 amide bonds. The van der Waals surface area contributed by atoms with Gasteiger partial charge in [-0.3, -0.25) is 9.59 Å². The van der Waals surface area contributed by atoms with Gasteiger partial charge in [0.15, 0.2) is 0 Å². The van der Waals surface area contributed by atoms with Gasteiger partial charge in [0.1, 0.15) is 5.75 Å². The number of carbonyl (C=O) groups is 2. The van der Waals surface area contributed by atoms with Gasteiger partial charge in [0.05, 0.1) is 18.4 Å². The van der Waals surface area contributed by atoms with Crippen molar-refractivity contribution in [3.8, 4) is 5.75 Å². The van der Waals surface area contributed by atoms with Gasteiger partial charge in [-0.05, 0) is 46.3 Å². The number of nitrogens with two attached hydrogens (primary N) is 1. The normalized spacial score (nSPS) is 10.0. The number of anilines is 1. The molecule has 0 aliphatic heterocycles. The zero-order chi connectivity index (χ0) is 15.4. The second kappa shape index (κ2) is 6.41. The Balaban J connectivity index is 2.34. The van der Waals surface area contributed by atoms with Crippen molar-refractivity contribution in [2.75, 3.05) is 12.4 Å². The van der Waals surface area contributed by atoms with Crippen molar-refractivity contribution < 1.29 is 14.3 Å². The molecule has 0 fully saturated rings. The Hall–Kier alpha value is -2.34. The summed E-state index contributed by atoms with van der Waals surface area (Å²) >= 11 is 3.32. The molecule has 3 N–H and O–H groups in total. The molecular formula is C15H13BrN2O3. The SMILES string of the molecule is COc1ccc(C(N)=O)cc1NC(=O)c1ccccc1Br. The lowest BCUT2D eigenvalue weighted by atomic mass is 10.1. The number of hydrogen-bond donors (Lipinski definition) is 2. The van der Waals surface area contributed by atoms with Crippen molar-refractivity contribution in [2.45, 2.75) is 0 Å². The third-order valence-corrected chi connectivity index (χ3v) is 3.54. The van der Waals surface area contributed by atoms with Crippen molar-refractivity contribution in [3.63, 3.8) is 0 Å². The second-order valence-corrected chi connectivity index (χ2v) is 5.07. The Bertz CT molecular complexity index is 701. The molecule has 6 heteroatoms. The van der Waals surface area contributed by atoms with E-state index in [0.717, 1.165) is 0 Å². The number of benzene rings is 2. The smallest absolute Gasteiger partial charge is 0.256 e. The molecule has 0 aliphatic carbocycles. The van der Waals surface area contributed by atoms with Gasteiger partial charge in [0, 0.05) is 10.0 Å². The molecule has 0 bridgehead atoms. The number of methoxy groups -OCH3 is 1. The fraction of sp³-hybridized carbons (Fsp3) is 0.0667. The predicted molar refractivity (Wildman–Crippen MR) is 83.6 cm³/mol. The Kier molecular flexibility index (Phi) is 4.59. The maximum Gasteiger partial charge on any atom is 0.256 e. The van der Waals surface area contributed by atoms with E-state index in [1.807, 2.05) is 6.07 Å². The van der Waals surface area contributed by atoms with E-state index in [9.17, 15) is 9.59 Å². The molecule has 0 unspecified atom stereocenters. The van der Waals surface area contributed by atoms with Crippen LogP contribution in [0.1, 0.15) is 20.7 Å². The first-order valence-electron chi connectivity index (χ1n) is 6.06. The molecule has 0 atom stereocenters. The van der Waals surface area contributed by atoms with Crippen LogP contribution in [-0.2, 0) is 0 Å². The minimum atomic E-state index is -0.575. The number of halogens is 1. The number of rotatable bonds is 4. The zero-order valence-corrected chi connectivity index (χ0v) is 12.8. The quantitative estimate of drug-likeness (QED) is 0.891. The lowest BCUT2D eigenvalue weighted by Crippen LogP contribution is -2.15. The molecule has 2 rings (SSSR count). The van der Waals surface area contributed by atoms with Crippen LogP contribution < -0.4 is 15.8 Å². The van der Waals surface area contributed by atoms with Gasteiger partial charge in [0.2, 0.25) is 5.91 Å². The van der Waals surface area contributed by atoms with Crippen LogP contribution >= 0.6 is 15.9 Å². The van der Waals surface area contributed by atoms with E-state index in [-0.39, 0.29) is 5.91 Å². The Morgan fingerprint density at radius 1 is 1.19 bits per heavy atom. The van der Waals surface area contributed by atoms with Crippen molar-refractivity contribution in [2.24, 2.45) is 5.73 Å². The van der Waals surface area contributed by atoms with E-state index in [1.165, 1.54) is 19.2 Å². The van der Waals surface area contributed by atoms with Crippen molar-refractivity contribution in [3.05, 3.63) is 58.1 Å². The standard InChI is InChI=1S/C15H13BrN2O3/c1-21-13-7-6-9(14(17)19)8-12(13)18-15(20)10-4-2-3-5-11(10)16/h2-8H,1H3,(H2,17,19)(H,18,20). The van der Waals surface area contributed by atoms with Crippen LogP contribution in [0.4, 0.5) is 5.69 Å². The number of nitrogens with one attached hydrogen (secondary N) is 1. The molecular weight excluding hydrogens is 336 g/mol. The summed E-state index contributed by atoms with van der Waals surface area (Å²) in [5.74, 6) is -0.447. The highest BCUT2D eigenvalue weighted by atomic mass is 79.9. The molecule has 21 heavy (non-hydrogen) atoms. The Morgan fingerprint density at radius 3 is 2.52 bits per heavy atom. The van der Waals surface area contributed by atoms with Gasteiger partial charge in [-0.25, -0.2) is 0 Å². The van der Waals surface area contributed by atoms with E-state index < -0.39 is 5.91 Å². The van der Waals surface area contributed by atoms with Crippen LogP contribution in [0, 0.1) is 0 Å². The Morgan fingerprint density at radius 2 is 1.90 bits per heavy atom. The molecule has 2 aromatic carbocycles. The van der Waals surface area contributed by atoms with E-state index in [2.05, 4.69) is 21.2 Å². The maximum absolute atomic E-state index is 12.3. The average Bonchev–Trinajstić information content (AvgIpc) is 2.47. The average molecular weight is 349 g/mol. The van der Waals surface area contributed by atoms with Crippen LogP contribution in [0.5, 0.6) is 5.75 Å². The first-order chi connectivity index (χ1) is 10.0. The number of amides is 2. The van der Waals surface area contributed by atoms with Gasteiger partial charge in [0.25, 0.3) is 5.91 Å². The topological polar surface area (TPSA) is 81.4 Å². The molecule has 0 radical (unpaired) electrons. The maximum atomic E-state index is 12.3. The summed E-state index contributed by atoms with van der Waals surface area (Å²) in [6, 6.07) is 11.6. The molecule has 0 spiro atoms. The van der Waals surface area contributed by atoms with Gasteiger partial charge < -0.3 is 15.8 Å². The van der Waals surface area contributed by atoms with E-state index in [4.69, 9.17) is 10.5 Å². The number of carbonyl (C=O) groups excluding carboxylic acids is 2. The summed E-state index contributed by atoms with van der Waals surface area (Å²) in [6.45, 7) is 0. The molecule has 2 aromatic rings. The lowest BCUT2D eigenvalue weighted by molar-refractivity contribution is 0.0996. The number of hydrogen-bond acceptors (Lipinski definition) is 3. The minimum absolute atomic E-state index is 0.290. The lowest BCUT2D eigenvalue weighted by Gasteiger charge is -2.12. The summed E-state index contributed by atoms with van der Waals surface area (Å²) in [4.78, 5) is 23.5. The second-order valence-electron chi connectivity index (χ2n) is 4.21. The monoisotopic (exact) mass is 348 g/mol. The third kappa shape index (κ3) is 3.41. The summed E-state index contributed by atoms with van der Waals surface area (Å²) in [5, 5.41) is 2.71. The molecule has 108 valence electrons. The molecule has 0 saturated heterocycles. The molecule has 0 heterocycles. The van der Waals surface area contributed by atoms with Crippen LogP contribution in [0.3, 0.4) is 0 Å². The highest BCUT2D eigenvalue weighted by Gasteiger charge is 2.14. The minimum Gasteiger partial charge on any atom is -0.495 e. The van der Waals surface area contributed by atoms with Gasteiger partial charge in [-0.15, -0.1) is 0 Å². The van der Waals surface area contributed by atoms with E-state index in [1.54, 1.807) is 24.3 Å². The number of ether oxygens (including phenoxy) is 1. The number of primary amides is 1. The molecule has 0 saturated carbocycles. The van der Waals surface area contributed by atoms with Crippen molar-refractivity contribution >= 4 is 33.4 Å². The molecule has 5 nitrogen and oxygen atoms in total. The molecule has 0 aromatic heterocycles. The first-order valence-corrected chi connectivity index (χ1v) is 6.86. The van der Waals surface area contributed by atoms with Crippen molar-refractivity contribution in [1.29, 1.82) is 0 Å². The summed E-state index contributed by atoms with van der Waals surface area (Å²) < 4.78 is 5.84. The van der Waals surface area contributed by atoms with Gasteiger partial charge >= 0.3 is 0 Å². The summed E-state index contributed by atoms with van der Waals surface area (Å²) in [7, 11) is 1.48. The highest BCUT2D eigenvalue weighted by molar-refractivity contribution is 9.10. The van der Waals surface area contributed by atoms with E-state index >= 15 is 0 Å². The first kappa shape index (κ1) is 15.1. The predicted octanol–water partition coefficient (Wildman–Crippen LogP) is 2.81. The van der Waals surface area contributed by atoms with Crippen LogP contribution in [-0.4, -0.2) is 18.9 Å². The Labute approximate surface area is 130 Å². The third-order valence-electron chi connectivity index (χ3n) is 2.85. The van der Waals surface area contributed by atoms with Crippen LogP contribution in [0.25, 0.3) is 0 Å². The molecule has 0 aliphatic rings. The van der Waals surface area contributed by atoms with Gasteiger partial charge in [-0.1, -0.05) is 12.1 Å². The largest absolute Gasteiger partial charge is 0.495 e. The fourth-order valence-corrected chi connectivity index (χ4v) is 2.26. The summed E-state index contributed by atoms with van der Waals surface area (Å²) in [6.07, 6.45) is 0. The van der Waals surface area contributed by atoms with Crippen LogP contribution in [0.2, 0.25) is 0 Å². The van der Waals surface area contributed by atoms with Crippen LogP contribution in [0.15, 0.2) is 46.9 Å². The van der Waals surface area contributed by atoms with Gasteiger partial charge in [-0.2, -0.15) is 0 Å². The van der Waals surface area contributed by atoms with E-state index in [0.29, 0.717) is 27.0 Å². The highest BCUT2D eigenvalue weighted by Crippen LogP contribution is 2.27.